The summed E-state index contributed by atoms with van der Waals surface area (Å²) in [5.41, 5.74) is 1.86. The van der Waals surface area contributed by atoms with Gasteiger partial charge in [0.2, 0.25) is 0 Å². The van der Waals surface area contributed by atoms with E-state index >= 15 is 0 Å². The van der Waals surface area contributed by atoms with E-state index < -0.39 is 22.9 Å². The standard InChI is InChI=1S/C50H79ClN2O6/c1-13-14-39-48(9)21-20-41(59-43(58)30-45(4,5)29-42(56)57)46(6,7)38(48)19-22-49(39,10)47(8)23-24-50(28-37(54)44(33(2)3)36(50)27-47)40(55)32-53(26-25-52(11)12)31-34-15-17-35(51)18-16-34/h15-18,33,38-41,55H,13-14,19-32H2,1-12H3,(H,56,57)/t38-,39+,40+,41-,47+,48-,49+,50+/m0/s1. The van der Waals surface area contributed by atoms with Crippen LogP contribution in [0.25, 0.3) is 0 Å². The Bertz CT molecular complexity index is 1720. The predicted octanol–water partition coefficient (Wildman–Crippen LogP) is 10.6. The van der Waals surface area contributed by atoms with E-state index in [4.69, 9.17) is 16.3 Å². The first-order chi connectivity index (χ1) is 27.3. The summed E-state index contributed by atoms with van der Waals surface area (Å²) in [5, 5.41) is 22.7. The van der Waals surface area contributed by atoms with Gasteiger partial charge in [0.05, 0.1) is 18.9 Å². The lowest BCUT2D eigenvalue weighted by Crippen LogP contribution is -2.62. The zero-order valence-corrected chi connectivity index (χ0v) is 39.6. The number of carbonyl (C=O) groups excluding carboxylic acids is 2. The number of allylic oxidation sites excluding steroid dienone is 1. The lowest BCUT2D eigenvalue weighted by atomic mass is 9.37. The van der Waals surface area contributed by atoms with Gasteiger partial charge in [0, 0.05) is 48.5 Å². The molecule has 1 aromatic rings. The average Bonchev–Trinajstić information content (AvgIpc) is 3.42. The van der Waals surface area contributed by atoms with Gasteiger partial charge in [0.15, 0.2) is 5.78 Å². The summed E-state index contributed by atoms with van der Waals surface area (Å²) < 4.78 is 6.31. The number of esters is 1. The van der Waals surface area contributed by atoms with Crippen LogP contribution in [0.3, 0.4) is 0 Å². The van der Waals surface area contributed by atoms with Crippen molar-refractivity contribution in [3.63, 3.8) is 0 Å². The summed E-state index contributed by atoms with van der Waals surface area (Å²) >= 11 is 6.24. The van der Waals surface area contributed by atoms with Crippen molar-refractivity contribution < 1.29 is 29.3 Å². The molecule has 5 rings (SSSR count). The van der Waals surface area contributed by atoms with Crippen LogP contribution >= 0.6 is 11.6 Å². The van der Waals surface area contributed by atoms with Gasteiger partial charge >= 0.3 is 11.9 Å². The quantitative estimate of drug-likeness (QED) is 0.149. The van der Waals surface area contributed by atoms with Crippen LogP contribution in [0, 0.1) is 50.2 Å². The fraction of sp³-hybridized carbons (Fsp3) is 0.780. The van der Waals surface area contributed by atoms with Crippen molar-refractivity contribution in [3.05, 3.63) is 46.0 Å². The molecule has 4 aliphatic rings. The Balaban J connectivity index is 1.43. The first kappa shape index (κ1) is 47.8. The van der Waals surface area contributed by atoms with Gasteiger partial charge in [0.1, 0.15) is 6.10 Å². The SMILES string of the molecule is CCC[C@@H]1[C@@]2(C)CC[C@H](OC(=O)CC(C)(C)CC(=O)O)C(C)(C)[C@@H]2CC[C@@]1(C)[C@]1(C)CC[C@@]2([C@H](O)CN(CCN(C)C)Cc3ccc(Cl)cc3)CC(=O)C(C(C)C)=C2C1. The molecule has 1 aromatic carbocycles. The number of carbonyl (C=O) groups is 3. The number of hydrogen-bond acceptors (Lipinski definition) is 7. The molecule has 0 aliphatic heterocycles. The number of carboxylic acids is 1. The van der Waals surface area contributed by atoms with Crippen LogP contribution in [-0.4, -0.2) is 83.7 Å². The van der Waals surface area contributed by atoms with Crippen molar-refractivity contribution in [1.82, 2.24) is 9.80 Å². The number of ketones is 1. The van der Waals surface area contributed by atoms with E-state index in [1.165, 1.54) is 5.57 Å². The highest BCUT2D eigenvalue weighted by molar-refractivity contribution is 6.30. The lowest BCUT2D eigenvalue weighted by molar-refractivity contribution is -0.214. The number of fused-ring (bicyclic) bond motifs is 2. The Morgan fingerprint density at radius 1 is 0.949 bits per heavy atom. The fourth-order valence-electron chi connectivity index (χ4n) is 13.4. The van der Waals surface area contributed by atoms with Gasteiger partial charge < -0.3 is 19.8 Å². The van der Waals surface area contributed by atoms with Crippen molar-refractivity contribution in [1.29, 1.82) is 0 Å². The number of nitrogens with zero attached hydrogens (tertiary/aromatic N) is 2. The van der Waals surface area contributed by atoms with Crippen molar-refractivity contribution in [3.8, 4) is 0 Å². The monoisotopic (exact) mass is 839 g/mol. The van der Waals surface area contributed by atoms with Crippen LogP contribution in [0.4, 0.5) is 0 Å². The molecule has 8 atom stereocenters. The van der Waals surface area contributed by atoms with Gasteiger partial charge in [-0.1, -0.05) is 105 Å². The number of carboxylic acid groups (broad SMARTS) is 1. The van der Waals surface area contributed by atoms with Crippen molar-refractivity contribution in [2.45, 2.75) is 165 Å². The highest BCUT2D eigenvalue weighted by atomic mass is 35.5. The topological polar surface area (TPSA) is 107 Å². The number of aliphatic hydroxyl groups is 1. The summed E-state index contributed by atoms with van der Waals surface area (Å²) in [7, 11) is 4.16. The zero-order chi connectivity index (χ0) is 43.9. The molecule has 332 valence electrons. The second-order valence-corrected chi connectivity index (χ2v) is 22.8. The molecule has 0 radical (unpaired) electrons. The molecule has 59 heavy (non-hydrogen) atoms. The number of likely N-dealkylation sites (N-methyl/N-ethyl adjacent to an activating group) is 1. The van der Waals surface area contributed by atoms with E-state index in [0.29, 0.717) is 36.4 Å². The zero-order valence-electron chi connectivity index (χ0n) is 38.8. The van der Waals surface area contributed by atoms with Crippen LogP contribution in [0.1, 0.15) is 152 Å². The number of hydrogen-bond donors (Lipinski definition) is 2. The molecular weight excluding hydrogens is 760 g/mol. The van der Waals surface area contributed by atoms with Gasteiger partial charge in [-0.25, -0.2) is 0 Å². The Morgan fingerprint density at radius 2 is 1.61 bits per heavy atom. The molecule has 0 amide bonds. The average molecular weight is 840 g/mol. The smallest absolute Gasteiger partial charge is 0.306 e. The molecular formula is C50H79ClN2O6. The van der Waals surface area contributed by atoms with E-state index in [2.05, 4.69) is 91.4 Å². The van der Waals surface area contributed by atoms with Crippen molar-refractivity contribution in [2.75, 3.05) is 33.7 Å². The maximum Gasteiger partial charge on any atom is 0.306 e. The summed E-state index contributed by atoms with van der Waals surface area (Å²) in [5.74, 6) is -0.0841. The first-order valence-corrected chi connectivity index (χ1v) is 23.2. The molecule has 3 saturated carbocycles. The third-order valence-electron chi connectivity index (χ3n) is 16.7. The molecule has 4 aliphatic carbocycles. The van der Waals surface area contributed by atoms with E-state index in [9.17, 15) is 24.6 Å². The van der Waals surface area contributed by atoms with E-state index in [0.717, 1.165) is 82.0 Å². The molecule has 0 unspecified atom stereocenters. The predicted molar refractivity (Wildman–Crippen MR) is 238 cm³/mol. The van der Waals surface area contributed by atoms with Crippen LogP contribution in [0.5, 0.6) is 0 Å². The Kier molecular flexibility index (Phi) is 14.5. The summed E-state index contributed by atoms with van der Waals surface area (Å²) in [6, 6.07) is 7.99. The number of Topliss-reactive ketones (excluding diaryl/α,β-unsaturated/α-hetero) is 1. The first-order valence-electron chi connectivity index (χ1n) is 22.8. The molecule has 0 spiro atoms. The van der Waals surface area contributed by atoms with Gasteiger partial charge in [-0.15, -0.1) is 0 Å². The number of aliphatic carboxylic acids is 1. The lowest BCUT2D eigenvalue weighted by Gasteiger charge is -2.68. The van der Waals surface area contributed by atoms with Crippen molar-refractivity contribution in [2.24, 2.45) is 50.2 Å². The van der Waals surface area contributed by atoms with E-state index in [1.54, 1.807) is 0 Å². The molecule has 0 heterocycles. The van der Waals surface area contributed by atoms with Gasteiger partial charge in [-0.3, -0.25) is 19.3 Å². The van der Waals surface area contributed by atoms with Gasteiger partial charge in [-0.05, 0) is 128 Å². The molecule has 3 fully saturated rings. The number of rotatable bonds is 17. The molecule has 8 nitrogen and oxygen atoms in total. The molecule has 0 bridgehead atoms. The van der Waals surface area contributed by atoms with Crippen LogP contribution in [0.15, 0.2) is 35.4 Å². The second kappa shape index (κ2) is 17.8. The number of ether oxygens (including phenoxy) is 1. The third kappa shape index (κ3) is 9.56. The van der Waals surface area contributed by atoms with E-state index in [1.807, 2.05) is 26.0 Å². The van der Waals surface area contributed by atoms with Gasteiger partial charge in [0.25, 0.3) is 0 Å². The molecule has 2 N–H and O–H groups in total. The largest absolute Gasteiger partial charge is 0.481 e. The number of aliphatic hydroxyl groups excluding tert-OH is 1. The van der Waals surface area contributed by atoms with Crippen LogP contribution < -0.4 is 0 Å². The van der Waals surface area contributed by atoms with Crippen LogP contribution in [0.2, 0.25) is 5.02 Å². The minimum atomic E-state index is -0.902. The number of benzene rings is 1. The fourth-order valence-corrected chi connectivity index (χ4v) is 13.5. The minimum Gasteiger partial charge on any atom is -0.481 e. The Labute approximate surface area is 362 Å². The minimum absolute atomic E-state index is 0.00111. The normalized spacial score (nSPS) is 32.7. The van der Waals surface area contributed by atoms with Crippen LogP contribution in [-0.2, 0) is 25.7 Å². The summed E-state index contributed by atoms with van der Waals surface area (Å²) in [6.45, 7) is 25.4. The third-order valence-corrected chi connectivity index (χ3v) is 16.9. The highest BCUT2D eigenvalue weighted by Crippen LogP contribution is 2.73. The van der Waals surface area contributed by atoms with Gasteiger partial charge in [-0.2, -0.15) is 0 Å². The number of halogens is 1. The summed E-state index contributed by atoms with van der Waals surface area (Å²) in [4.78, 5) is 43.6. The Hall–Kier alpha value is -2.26. The summed E-state index contributed by atoms with van der Waals surface area (Å²) in [6.07, 6.45) is 8.24. The molecule has 0 saturated heterocycles. The second-order valence-electron chi connectivity index (χ2n) is 22.3. The maximum absolute atomic E-state index is 14.2. The molecule has 9 heteroatoms. The maximum atomic E-state index is 14.2. The Morgan fingerprint density at radius 3 is 2.20 bits per heavy atom. The van der Waals surface area contributed by atoms with Crippen molar-refractivity contribution >= 4 is 29.3 Å². The van der Waals surface area contributed by atoms with E-state index in [-0.39, 0.29) is 58.3 Å². The highest BCUT2D eigenvalue weighted by Gasteiger charge is 2.66. The molecule has 0 aromatic heterocycles.